The number of nitrogens with one attached hydrogen (secondary N) is 1. The van der Waals surface area contributed by atoms with Gasteiger partial charge in [0.05, 0.1) is 11.8 Å². The van der Waals surface area contributed by atoms with Crippen molar-refractivity contribution in [2.75, 3.05) is 31.1 Å². The lowest BCUT2D eigenvalue weighted by Crippen LogP contribution is -2.42. The van der Waals surface area contributed by atoms with Crippen molar-refractivity contribution in [2.45, 2.75) is 45.1 Å². The van der Waals surface area contributed by atoms with Gasteiger partial charge in [0, 0.05) is 44.1 Å². The number of hydrogen-bond donors (Lipinski definition) is 1. The quantitative estimate of drug-likeness (QED) is 0.800. The standard InChI is InChI=1S/C21H27FN4O3/c1-2-19-24-21(29-25-19)15-5-6-18(17(22)12-15)26-9-7-14(8-10-26)20(27)23-13-16-4-3-11-28-16/h5-6,12,14,16H,2-4,7-11,13H2,1H3,(H,23,27). The number of carbonyl (C=O) groups is 1. The minimum Gasteiger partial charge on any atom is -0.376 e. The Hall–Kier alpha value is -2.48. The van der Waals surface area contributed by atoms with Gasteiger partial charge in [-0.15, -0.1) is 0 Å². The van der Waals surface area contributed by atoms with Crippen molar-refractivity contribution in [2.24, 2.45) is 5.92 Å². The summed E-state index contributed by atoms with van der Waals surface area (Å²) in [6, 6.07) is 4.98. The van der Waals surface area contributed by atoms with Crippen LogP contribution in [0, 0.1) is 11.7 Å². The summed E-state index contributed by atoms with van der Waals surface area (Å²) in [6.07, 6.45) is 4.32. The lowest BCUT2D eigenvalue weighted by atomic mass is 9.95. The van der Waals surface area contributed by atoms with Gasteiger partial charge in [-0.25, -0.2) is 4.39 Å². The SMILES string of the molecule is CCc1noc(-c2ccc(N3CCC(C(=O)NCC4CCCO4)CC3)c(F)c2)n1. The molecular formula is C21H27FN4O3. The summed E-state index contributed by atoms with van der Waals surface area (Å²) in [4.78, 5) is 18.7. The van der Waals surface area contributed by atoms with Gasteiger partial charge in [-0.05, 0) is 43.9 Å². The molecule has 2 aromatic rings. The van der Waals surface area contributed by atoms with Gasteiger partial charge in [-0.1, -0.05) is 12.1 Å². The Labute approximate surface area is 169 Å². The molecule has 0 aliphatic carbocycles. The third-order valence-corrected chi connectivity index (χ3v) is 5.71. The smallest absolute Gasteiger partial charge is 0.258 e. The zero-order valence-electron chi connectivity index (χ0n) is 16.7. The van der Waals surface area contributed by atoms with Crippen molar-refractivity contribution in [3.8, 4) is 11.5 Å². The fourth-order valence-corrected chi connectivity index (χ4v) is 3.96. The van der Waals surface area contributed by atoms with E-state index < -0.39 is 0 Å². The zero-order chi connectivity index (χ0) is 20.2. The number of halogens is 1. The molecule has 0 radical (unpaired) electrons. The van der Waals surface area contributed by atoms with E-state index in [0.29, 0.717) is 61.9 Å². The van der Waals surface area contributed by atoms with Crippen LogP contribution in [0.4, 0.5) is 10.1 Å². The van der Waals surface area contributed by atoms with Crippen LogP contribution in [-0.2, 0) is 16.0 Å². The Morgan fingerprint density at radius 1 is 1.31 bits per heavy atom. The minimum atomic E-state index is -0.319. The van der Waals surface area contributed by atoms with Crippen molar-refractivity contribution in [3.63, 3.8) is 0 Å². The zero-order valence-corrected chi connectivity index (χ0v) is 16.7. The van der Waals surface area contributed by atoms with Crippen LogP contribution in [0.5, 0.6) is 0 Å². The lowest BCUT2D eigenvalue weighted by molar-refractivity contribution is -0.126. The Kier molecular flexibility index (Phi) is 6.08. The molecule has 1 atom stereocenters. The molecule has 0 spiro atoms. The third kappa shape index (κ3) is 4.58. The summed E-state index contributed by atoms with van der Waals surface area (Å²) in [6.45, 7) is 4.61. The lowest BCUT2D eigenvalue weighted by Gasteiger charge is -2.33. The van der Waals surface area contributed by atoms with Gasteiger partial charge in [0.2, 0.25) is 5.91 Å². The van der Waals surface area contributed by atoms with Crippen molar-refractivity contribution in [1.29, 1.82) is 0 Å². The maximum atomic E-state index is 14.7. The fourth-order valence-electron chi connectivity index (χ4n) is 3.96. The van der Waals surface area contributed by atoms with Gasteiger partial charge in [0.1, 0.15) is 5.82 Å². The van der Waals surface area contributed by atoms with Crippen LogP contribution >= 0.6 is 0 Å². The van der Waals surface area contributed by atoms with Gasteiger partial charge in [-0.2, -0.15) is 4.98 Å². The van der Waals surface area contributed by atoms with Gasteiger partial charge < -0.3 is 19.5 Å². The first-order valence-corrected chi connectivity index (χ1v) is 10.4. The summed E-state index contributed by atoms with van der Waals surface area (Å²) in [5.74, 6) is 0.665. The van der Waals surface area contributed by atoms with Gasteiger partial charge in [0.15, 0.2) is 5.82 Å². The monoisotopic (exact) mass is 402 g/mol. The van der Waals surface area contributed by atoms with Crippen molar-refractivity contribution in [3.05, 3.63) is 29.8 Å². The molecule has 4 rings (SSSR count). The van der Waals surface area contributed by atoms with E-state index in [1.54, 1.807) is 12.1 Å². The van der Waals surface area contributed by atoms with Crippen molar-refractivity contribution < 1.29 is 18.4 Å². The fraction of sp³-hybridized carbons (Fsp3) is 0.571. The summed E-state index contributed by atoms with van der Waals surface area (Å²) >= 11 is 0. The maximum absolute atomic E-state index is 14.7. The molecule has 1 aromatic heterocycles. The summed E-state index contributed by atoms with van der Waals surface area (Å²) in [7, 11) is 0. The number of rotatable bonds is 6. The second-order valence-corrected chi connectivity index (χ2v) is 7.68. The molecule has 2 fully saturated rings. The summed E-state index contributed by atoms with van der Waals surface area (Å²) in [5.41, 5.74) is 1.11. The predicted molar refractivity (Wildman–Crippen MR) is 106 cm³/mol. The second-order valence-electron chi connectivity index (χ2n) is 7.68. The molecule has 2 aliphatic rings. The highest BCUT2D eigenvalue weighted by Gasteiger charge is 2.27. The number of amides is 1. The molecule has 8 heteroatoms. The highest BCUT2D eigenvalue weighted by Crippen LogP contribution is 2.29. The molecule has 0 saturated carbocycles. The molecule has 3 heterocycles. The highest BCUT2D eigenvalue weighted by molar-refractivity contribution is 5.79. The number of benzene rings is 1. The molecule has 7 nitrogen and oxygen atoms in total. The van der Waals surface area contributed by atoms with E-state index in [0.717, 1.165) is 19.4 Å². The maximum Gasteiger partial charge on any atom is 0.258 e. The molecule has 0 bridgehead atoms. The molecule has 29 heavy (non-hydrogen) atoms. The number of ether oxygens (including phenoxy) is 1. The molecule has 2 saturated heterocycles. The Balaban J connectivity index is 1.32. The number of anilines is 1. The number of aryl methyl sites for hydroxylation is 1. The second kappa shape index (κ2) is 8.90. The Morgan fingerprint density at radius 3 is 2.79 bits per heavy atom. The molecule has 1 N–H and O–H groups in total. The Morgan fingerprint density at radius 2 is 2.14 bits per heavy atom. The van der Waals surface area contributed by atoms with Gasteiger partial charge >= 0.3 is 0 Å². The van der Waals surface area contributed by atoms with E-state index in [1.807, 2.05) is 11.8 Å². The van der Waals surface area contributed by atoms with Gasteiger partial charge in [0.25, 0.3) is 5.89 Å². The molecule has 1 aromatic carbocycles. The Bertz CT molecular complexity index is 842. The van der Waals surface area contributed by atoms with E-state index in [2.05, 4.69) is 15.5 Å². The predicted octanol–water partition coefficient (Wildman–Crippen LogP) is 2.95. The van der Waals surface area contributed by atoms with E-state index in [1.165, 1.54) is 6.07 Å². The van der Waals surface area contributed by atoms with Crippen LogP contribution in [-0.4, -0.2) is 48.4 Å². The first kappa shape index (κ1) is 19.8. The summed E-state index contributed by atoms with van der Waals surface area (Å²) < 4.78 is 25.5. The average Bonchev–Trinajstić information content (AvgIpc) is 3.44. The normalized spacial score (nSPS) is 20.2. The highest BCUT2D eigenvalue weighted by atomic mass is 19.1. The van der Waals surface area contributed by atoms with Crippen LogP contribution in [0.15, 0.2) is 22.7 Å². The number of piperidine rings is 1. The summed E-state index contributed by atoms with van der Waals surface area (Å²) in [5, 5.41) is 6.87. The average molecular weight is 402 g/mol. The van der Waals surface area contributed by atoms with E-state index in [9.17, 15) is 9.18 Å². The van der Waals surface area contributed by atoms with E-state index in [4.69, 9.17) is 9.26 Å². The first-order chi connectivity index (χ1) is 14.1. The van der Waals surface area contributed by atoms with E-state index >= 15 is 0 Å². The van der Waals surface area contributed by atoms with Gasteiger partial charge in [-0.3, -0.25) is 4.79 Å². The molecule has 156 valence electrons. The minimum absolute atomic E-state index is 0.0270. The first-order valence-electron chi connectivity index (χ1n) is 10.4. The third-order valence-electron chi connectivity index (χ3n) is 5.71. The van der Waals surface area contributed by atoms with Crippen molar-refractivity contribution >= 4 is 11.6 Å². The largest absolute Gasteiger partial charge is 0.376 e. The number of nitrogens with zero attached hydrogens (tertiary/aromatic N) is 3. The van der Waals surface area contributed by atoms with Crippen LogP contribution in [0.2, 0.25) is 0 Å². The molecule has 1 unspecified atom stereocenters. The van der Waals surface area contributed by atoms with Crippen LogP contribution < -0.4 is 10.2 Å². The molecule has 1 amide bonds. The van der Waals surface area contributed by atoms with E-state index in [-0.39, 0.29) is 23.7 Å². The molecule has 2 aliphatic heterocycles. The van der Waals surface area contributed by atoms with Crippen LogP contribution in [0.1, 0.15) is 38.4 Å². The number of carbonyl (C=O) groups excluding carboxylic acids is 1. The van der Waals surface area contributed by atoms with Crippen LogP contribution in [0.25, 0.3) is 11.5 Å². The van der Waals surface area contributed by atoms with Crippen LogP contribution in [0.3, 0.4) is 0 Å². The number of hydrogen-bond acceptors (Lipinski definition) is 6. The number of aromatic nitrogens is 2. The molecular weight excluding hydrogens is 375 g/mol. The van der Waals surface area contributed by atoms with Crippen molar-refractivity contribution in [1.82, 2.24) is 15.5 Å². The topological polar surface area (TPSA) is 80.5 Å².